The molecule has 1 N–H and O–H groups in total. The Morgan fingerprint density at radius 3 is 2.94 bits per heavy atom. The van der Waals surface area contributed by atoms with E-state index in [4.69, 9.17) is 4.42 Å². The van der Waals surface area contributed by atoms with E-state index in [1.807, 2.05) is 24.3 Å². The number of nitrogens with one attached hydrogen (secondary N) is 1. The molecule has 0 radical (unpaired) electrons. The molecule has 1 fully saturated rings. The van der Waals surface area contributed by atoms with Gasteiger partial charge in [-0.2, -0.15) is 0 Å². The van der Waals surface area contributed by atoms with Gasteiger partial charge in [-0.3, -0.25) is 0 Å². The lowest BCUT2D eigenvalue weighted by molar-refractivity contribution is 0.494. The van der Waals surface area contributed by atoms with Crippen molar-refractivity contribution < 1.29 is 4.42 Å². The Kier molecular flexibility index (Phi) is 3.48. The van der Waals surface area contributed by atoms with Gasteiger partial charge in [0.15, 0.2) is 11.7 Å². The van der Waals surface area contributed by atoms with Crippen molar-refractivity contribution in [1.29, 1.82) is 0 Å². The summed E-state index contributed by atoms with van der Waals surface area (Å²) < 4.78 is 6.80. The number of hydrogen-bond donors (Lipinski definition) is 1. The number of nitrogens with zero attached hydrogens (tertiary/aromatic N) is 1. The summed E-state index contributed by atoms with van der Waals surface area (Å²) in [7, 11) is 0. The summed E-state index contributed by atoms with van der Waals surface area (Å²) >= 11 is 3.52. The van der Waals surface area contributed by atoms with Gasteiger partial charge in [0.2, 0.25) is 0 Å². The molecule has 1 aliphatic rings. The first kappa shape index (κ1) is 11.9. The van der Waals surface area contributed by atoms with Crippen LogP contribution in [0.5, 0.6) is 0 Å². The number of oxazole rings is 1. The van der Waals surface area contributed by atoms with Gasteiger partial charge in [0.05, 0.1) is 6.20 Å². The molecule has 1 saturated carbocycles. The summed E-state index contributed by atoms with van der Waals surface area (Å²) in [5.74, 6) is 1.62. The predicted octanol–water partition coefficient (Wildman–Crippen LogP) is 3.40. The smallest absolute Gasteiger partial charge is 0.196 e. The van der Waals surface area contributed by atoms with Gasteiger partial charge in [-0.05, 0) is 18.9 Å². The Hall–Kier alpha value is -1.13. The zero-order chi connectivity index (χ0) is 12.4. The summed E-state index contributed by atoms with van der Waals surface area (Å²) in [4.78, 5) is 4.32. The van der Waals surface area contributed by atoms with Crippen LogP contribution in [0.3, 0.4) is 0 Å². The molecular weight excluding hydrogens is 292 g/mol. The van der Waals surface area contributed by atoms with Crippen LogP contribution in [-0.2, 0) is 6.42 Å². The zero-order valence-electron chi connectivity index (χ0n) is 10.0. The molecule has 1 aromatic carbocycles. The average molecular weight is 307 g/mol. The molecule has 0 amide bonds. The molecule has 18 heavy (non-hydrogen) atoms. The van der Waals surface area contributed by atoms with Crippen LogP contribution in [0.2, 0.25) is 0 Å². The van der Waals surface area contributed by atoms with Gasteiger partial charge < -0.3 is 9.73 Å². The first-order valence-corrected chi connectivity index (χ1v) is 7.05. The average Bonchev–Trinajstić information content (AvgIpc) is 3.08. The topological polar surface area (TPSA) is 38.1 Å². The highest BCUT2D eigenvalue weighted by Crippen LogP contribution is 2.28. The van der Waals surface area contributed by atoms with Crippen molar-refractivity contribution in [2.75, 3.05) is 6.54 Å². The molecule has 0 unspecified atom stereocenters. The number of benzene rings is 1. The monoisotopic (exact) mass is 306 g/mol. The third-order valence-electron chi connectivity index (χ3n) is 3.04. The molecule has 3 nitrogen and oxygen atoms in total. The number of rotatable bonds is 5. The van der Waals surface area contributed by atoms with E-state index >= 15 is 0 Å². The molecule has 1 aromatic heterocycles. The normalized spacial score (nSPS) is 14.9. The molecule has 0 aliphatic heterocycles. The number of hydrogen-bond acceptors (Lipinski definition) is 3. The molecule has 1 aliphatic carbocycles. The summed E-state index contributed by atoms with van der Waals surface area (Å²) in [6.07, 6.45) is 5.27. The molecule has 0 atom stereocenters. The molecule has 2 aromatic rings. The highest BCUT2D eigenvalue weighted by Gasteiger charge is 2.20. The lowest BCUT2D eigenvalue weighted by Crippen LogP contribution is -2.19. The van der Waals surface area contributed by atoms with Crippen LogP contribution in [-0.4, -0.2) is 17.6 Å². The van der Waals surface area contributed by atoms with Gasteiger partial charge in [0.1, 0.15) is 0 Å². The van der Waals surface area contributed by atoms with Crippen LogP contribution in [0, 0.1) is 0 Å². The van der Waals surface area contributed by atoms with Crippen LogP contribution in [0.4, 0.5) is 0 Å². The Morgan fingerprint density at radius 2 is 2.17 bits per heavy atom. The van der Waals surface area contributed by atoms with E-state index in [9.17, 15) is 0 Å². The van der Waals surface area contributed by atoms with Crippen molar-refractivity contribution in [2.45, 2.75) is 25.3 Å². The minimum absolute atomic E-state index is 0.739. The quantitative estimate of drug-likeness (QED) is 0.920. The zero-order valence-corrected chi connectivity index (χ0v) is 11.6. The van der Waals surface area contributed by atoms with Crippen molar-refractivity contribution in [2.24, 2.45) is 0 Å². The first-order chi connectivity index (χ1) is 8.83. The summed E-state index contributed by atoms with van der Waals surface area (Å²) in [5.41, 5.74) is 1.05. The lowest BCUT2D eigenvalue weighted by Gasteiger charge is -2.00. The lowest BCUT2D eigenvalue weighted by atomic mass is 10.2. The fourth-order valence-corrected chi connectivity index (χ4v) is 2.36. The second kappa shape index (κ2) is 5.24. The first-order valence-electron chi connectivity index (χ1n) is 6.26. The molecule has 4 heteroatoms. The van der Waals surface area contributed by atoms with Gasteiger partial charge >= 0.3 is 0 Å². The molecule has 3 rings (SSSR count). The van der Waals surface area contributed by atoms with Crippen LogP contribution >= 0.6 is 15.9 Å². The molecule has 94 valence electrons. The van der Waals surface area contributed by atoms with Crippen LogP contribution < -0.4 is 5.32 Å². The van der Waals surface area contributed by atoms with E-state index in [0.717, 1.165) is 40.7 Å². The highest BCUT2D eigenvalue weighted by atomic mass is 79.9. The maximum absolute atomic E-state index is 5.77. The standard InChI is InChI=1S/C14H15BrN2O/c15-12-4-2-1-3-11(12)13-9-17-14(18-13)7-8-16-10-5-6-10/h1-4,9-10,16H,5-8H2. The Morgan fingerprint density at radius 1 is 1.33 bits per heavy atom. The third kappa shape index (κ3) is 2.82. The van der Waals surface area contributed by atoms with Crippen LogP contribution in [0.1, 0.15) is 18.7 Å². The van der Waals surface area contributed by atoms with Gasteiger partial charge in [0, 0.05) is 29.0 Å². The van der Waals surface area contributed by atoms with E-state index < -0.39 is 0 Å². The maximum atomic E-state index is 5.77. The fraction of sp³-hybridized carbons (Fsp3) is 0.357. The Balaban J connectivity index is 1.66. The Labute approximate surface area is 115 Å². The van der Waals surface area contributed by atoms with Gasteiger partial charge in [-0.1, -0.05) is 34.1 Å². The summed E-state index contributed by atoms with van der Waals surface area (Å²) in [6, 6.07) is 8.76. The van der Waals surface area contributed by atoms with Crippen LogP contribution in [0.25, 0.3) is 11.3 Å². The number of halogens is 1. The second-order valence-electron chi connectivity index (χ2n) is 4.58. The van der Waals surface area contributed by atoms with Gasteiger partial charge in [0.25, 0.3) is 0 Å². The fourth-order valence-electron chi connectivity index (χ4n) is 1.88. The van der Waals surface area contributed by atoms with E-state index in [1.165, 1.54) is 12.8 Å². The van der Waals surface area contributed by atoms with Crippen molar-refractivity contribution in [3.8, 4) is 11.3 Å². The SMILES string of the molecule is Brc1ccccc1-c1cnc(CCNC2CC2)o1. The largest absolute Gasteiger partial charge is 0.441 e. The summed E-state index contributed by atoms with van der Waals surface area (Å²) in [6.45, 7) is 0.945. The number of aromatic nitrogens is 1. The van der Waals surface area contributed by atoms with E-state index in [-0.39, 0.29) is 0 Å². The van der Waals surface area contributed by atoms with Crippen molar-refractivity contribution in [1.82, 2.24) is 10.3 Å². The van der Waals surface area contributed by atoms with Crippen LogP contribution in [0.15, 0.2) is 39.4 Å². The predicted molar refractivity (Wildman–Crippen MR) is 74.4 cm³/mol. The van der Waals surface area contributed by atoms with Crippen molar-refractivity contribution in [3.63, 3.8) is 0 Å². The van der Waals surface area contributed by atoms with Crippen molar-refractivity contribution >= 4 is 15.9 Å². The molecular formula is C14H15BrN2O. The molecule has 0 bridgehead atoms. The third-order valence-corrected chi connectivity index (χ3v) is 3.73. The minimum atomic E-state index is 0.739. The maximum Gasteiger partial charge on any atom is 0.196 e. The second-order valence-corrected chi connectivity index (χ2v) is 5.43. The molecule has 0 saturated heterocycles. The van der Waals surface area contributed by atoms with Crippen molar-refractivity contribution in [3.05, 3.63) is 40.8 Å². The van der Waals surface area contributed by atoms with Gasteiger partial charge in [-0.15, -0.1) is 0 Å². The molecule has 1 heterocycles. The Bertz CT molecular complexity index is 534. The van der Waals surface area contributed by atoms with E-state index in [1.54, 1.807) is 6.20 Å². The highest BCUT2D eigenvalue weighted by molar-refractivity contribution is 9.10. The minimum Gasteiger partial charge on any atom is -0.441 e. The van der Waals surface area contributed by atoms with E-state index in [0.29, 0.717) is 0 Å². The summed E-state index contributed by atoms with van der Waals surface area (Å²) in [5, 5.41) is 3.46. The van der Waals surface area contributed by atoms with Gasteiger partial charge in [-0.25, -0.2) is 4.98 Å². The van der Waals surface area contributed by atoms with E-state index in [2.05, 4.69) is 26.2 Å². The molecule has 0 spiro atoms.